The van der Waals surface area contributed by atoms with E-state index in [4.69, 9.17) is 0 Å². The fourth-order valence-corrected chi connectivity index (χ4v) is 3.23. The number of urea groups is 1. The average Bonchev–Trinajstić information content (AvgIpc) is 2.68. The summed E-state index contributed by atoms with van der Waals surface area (Å²) >= 11 is 0. The van der Waals surface area contributed by atoms with Crippen LogP contribution in [0.1, 0.15) is 25.8 Å². The maximum absolute atomic E-state index is 14.1. The summed E-state index contributed by atoms with van der Waals surface area (Å²) in [6, 6.07) is 3.61. The molecule has 1 fully saturated rings. The molecule has 0 unspecified atom stereocenters. The highest BCUT2D eigenvalue weighted by molar-refractivity contribution is 5.99. The van der Waals surface area contributed by atoms with E-state index >= 15 is 0 Å². The zero-order valence-corrected chi connectivity index (χ0v) is 13.8. The van der Waals surface area contributed by atoms with Crippen molar-refractivity contribution in [1.29, 1.82) is 0 Å². The van der Waals surface area contributed by atoms with Gasteiger partial charge in [0, 0.05) is 0 Å². The minimum Gasteiger partial charge on any atom is -0.389 e. The number of amides is 3. The lowest BCUT2D eigenvalue weighted by Gasteiger charge is -2.42. The van der Waals surface area contributed by atoms with Crippen molar-refractivity contribution in [2.75, 3.05) is 18.4 Å². The van der Waals surface area contributed by atoms with Gasteiger partial charge in [0.15, 0.2) is 0 Å². The van der Waals surface area contributed by atoms with E-state index in [2.05, 4.69) is 5.32 Å². The molecule has 2 heterocycles. The molecule has 0 spiro atoms. The summed E-state index contributed by atoms with van der Waals surface area (Å²) in [5.41, 5.74) is 0.721. The molecule has 0 radical (unpaired) electrons. The third-order valence-corrected chi connectivity index (χ3v) is 4.85. The van der Waals surface area contributed by atoms with Gasteiger partial charge in [-0.05, 0) is 17.5 Å². The van der Waals surface area contributed by atoms with Crippen LogP contribution in [-0.4, -0.2) is 52.1 Å². The molecule has 0 aromatic heterocycles. The molecule has 2 atom stereocenters. The summed E-state index contributed by atoms with van der Waals surface area (Å²) in [5, 5.41) is 12.1. The Morgan fingerprint density at radius 1 is 1.46 bits per heavy atom. The first kappa shape index (κ1) is 16.7. The Hall–Kier alpha value is -2.15. The first-order chi connectivity index (χ1) is 11.4. The second kappa shape index (κ2) is 6.39. The number of benzene rings is 1. The van der Waals surface area contributed by atoms with Crippen LogP contribution < -0.4 is 5.32 Å². The molecule has 1 aromatic rings. The third-order valence-electron chi connectivity index (χ3n) is 4.85. The highest BCUT2D eigenvalue weighted by Gasteiger charge is 2.41. The Morgan fingerprint density at radius 2 is 2.17 bits per heavy atom. The fourth-order valence-electron chi connectivity index (χ4n) is 3.23. The summed E-state index contributed by atoms with van der Waals surface area (Å²) < 4.78 is 14.1. The van der Waals surface area contributed by atoms with Gasteiger partial charge in [0.1, 0.15) is 11.9 Å². The van der Waals surface area contributed by atoms with Crippen molar-refractivity contribution in [2.45, 2.75) is 39.0 Å². The number of nitrogens with one attached hydrogen (secondary N) is 1. The molecule has 0 saturated carbocycles. The number of fused-ring (bicyclic) bond motifs is 1. The molecule has 7 heteroatoms. The largest absolute Gasteiger partial charge is 0.389 e. The predicted octanol–water partition coefficient (Wildman–Crippen LogP) is 1.79. The number of carbonyl (C=O) groups is 2. The van der Waals surface area contributed by atoms with Gasteiger partial charge in [-0.2, -0.15) is 0 Å². The van der Waals surface area contributed by atoms with Gasteiger partial charge in [-0.3, -0.25) is 4.79 Å². The number of anilines is 1. The van der Waals surface area contributed by atoms with Crippen LogP contribution in [0.15, 0.2) is 18.2 Å². The molecule has 24 heavy (non-hydrogen) atoms. The lowest BCUT2D eigenvalue weighted by molar-refractivity contribution is -0.122. The van der Waals surface area contributed by atoms with Gasteiger partial charge >= 0.3 is 6.03 Å². The van der Waals surface area contributed by atoms with Crippen LogP contribution in [0.5, 0.6) is 0 Å². The fraction of sp³-hybridized carbons (Fsp3) is 0.529. The van der Waals surface area contributed by atoms with E-state index in [1.54, 1.807) is 12.1 Å². The van der Waals surface area contributed by atoms with E-state index in [1.807, 2.05) is 13.8 Å². The molecule has 6 nitrogen and oxygen atoms in total. The first-order valence-electron chi connectivity index (χ1n) is 8.24. The van der Waals surface area contributed by atoms with E-state index in [-0.39, 0.29) is 43.2 Å². The van der Waals surface area contributed by atoms with E-state index in [1.165, 1.54) is 15.9 Å². The summed E-state index contributed by atoms with van der Waals surface area (Å²) in [5.74, 6) is -0.947. The number of β-amino-alcohol motifs (C(OH)–C–C–N with tert-alkyl or cyclic N) is 1. The minimum absolute atomic E-state index is 0.0717. The van der Waals surface area contributed by atoms with Crippen molar-refractivity contribution in [3.05, 3.63) is 29.6 Å². The number of aliphatic hydroxyl groups excluding tert-OH is 1. The lowest BCUT2D eigenvalue weighted by atomic mass is 9.96. The van der Waals surface area contributed by atoms with Crippen LogP contribution in [0.3, 0.4) is 0 Å². The molecule has 0 bridgehead atoms. The molecule has 3 amide bonds. The van der Waals surface area contributed by atoms with Gasteiger partial charge in [0.2, 0.25) is 5.91 Å². The predicted molar refractivity (Wildman–Crippen MR) is 86.8 cm³/mol. The molecule has 1 saturated heterocycles. The van der Waals surface area contributed by atoms with E-state index in [9.17, 15) is 19.1 Å². The molecule has 2 aliphatic rings. The smallest absolute Gasteiger partial charge is 0.321 e. The van der Waals surface area contributed by atoms with Crippen molar-refractivity contribution in [3.8, 4) is 0 Å². The number of likely N-dealkylation sites (tertiary alicyclic amines) is 1. The van der Waals surface area contributed by atoms with Crippen molar-refractivity contribution >= 4 is 17.6 Å². The van der Waals surface area contributed by atoms with Gasteiger partial charge in [0.25, 0.3) is 0 Å². The van der Waals surface area contributed by atoms with E-state index in [0.717, 1.165) is 0 Å². The van der Waals surface area contributed by atoms with Crippen molar-refractivity contribution in [1.82, 2.24) is 9.80 Å². The maximum Gasteiger partial charge on any atom is 0.321 e. The summed E-state index contributed by atoms with van der Waals surface area (Å²) in [7, 11) is 0. The summed E-state index contributed by atoms with van der Waals surface area (Å²) in [6.07, 6.45) is 0.199. The molecule has 2 aliphatic heterocycles. The van der Waals surface area contributed by atoms with Crippen LogP contribution >= 0.6 is 0 Å². The normalized spacial score (nSPS) is 22.3. The highest BCUT2D eigenvalue weighted by atomic mass is 19.1. The van der Waals surface area contributed by atoms with Gasteiger partial charge in [-0.25, -0.2) is 9.18 Å². The maximum atomic E-state index is 14.1. The van der Waals surface area contributed by atoms with Crippen LogP contribution in [0, 0.1) is 11.7 Å². The first-order valence-corrected chi connectivity index (χ1v) is 8.24. The number of carbonyl (C=O) groups excluding carboxylic acids is 2. The molecular formula is C17H22FN3O3. The average molecular weight is 335 g/mol. The Balaban J connectivity index is 1.97. The highest BCUT2D eigenvalue weighted by Crippen LogP contribution is 2.30. The number of para-hydroxylation sites is 1. The second-order valence-corrected chi connectivity index (χ2v) is 6.56. The quantitative estimate of drug-likeness (QED) is 0.865. The Kier molecular flexibility index (Phi) is 4.45. The standard InChI is InChI=1S/C17H22FN3O3/c1-3-10(2)15-16(23)19-14-11(5-4-6-13(14)18)7-21(15)17(24)20-8-12(22)9-20/h4-6,10,12,15,22H,3,7-9H2,1-2H3,(H,19,23)/t10-,15-/m0/s1. The topological polar surface area (TPSA) is 72.9 Å². The van der Waals surface area contributed by atoms with Crippen LogP contribution in [-0.2, 0) is 11.3 Å². The number of nitrogens with zero attached hydrogens (tertiary/aromatic N) is 2. The Morgan fingerprint density at radius 3 is 2.79 bits per heavy atom. The molecule has 3 rings (SSSR count). The second-order valence-electron chi connectivity index (χ2n) is 6.56. The number of hydrogen-bond acceptors (Lipinski definition) is 3. The van der Waals surface area contributed by atoms with Crippen LogP contribution in [0.4, 0.5) is 14.9 Å². The van der Waals surface area contributed by atoms with Gasteiger partial charge in [-0.15, -0.1) is 0 Å². The van der Waals surface area contributed by atoms with Crippen LogP contribution in [0.2, 0.25) is 0 Å². The Labute approximate surface area is 140 Å². The summed E-state index contributed by atoms with van der Waals surface area (Å²) in [6.45, 7) is 4.54. The van der Waals surface area contributed by atoms with Gasteiger partial charge in [0.05, 0.1) is 31.4 Å². The third kappa shape index (κ3) is 2.84. The number of aliphatic hydroxyl groups is 1. The van der Waals surface area contributed by atoms with E-state index in [0.29, 0.717) is 12.0 Å². The van der Waals surface area contributed by atoms with Crippen molar-refractivity contribution < 1.29 is 19.1 Å². The van der Waals surface area contributed by atoms with E-state index < -0.39 is 18.0 Å². The molecular weight excluding hydrogens is 313 g/mol. The zero-order valence-electron chi connectivity index (χ0n) is 13.8. The van der Waals surface area contributed by atoms with Crippen molar-refractivity contribution in [2.24, 2.45) is 5.92 Å². The monoisotopic (exact) mass is 335 g/mol. The SMILES string of the molecule is CC[C@H](C)[C@H]1C(=O)Nc2c(F)cccc2CN1C(=O)N1CC(O)C1. The zero-order chi connectivity index (χ0) is 17.4. The molecule has 130 valence electrons. The van der Waals surface area contributed by atoms with Gasteiger partial charge < -0.3 is 20.2 Å². The minimum atomic E-state index is -0.674. The molecule has 0 aliphatic carbocycles. The van der Waals surface area contributed by atoms with Crippen LogP contribution in [0.25, 0.3) is 0 Å². The molecule has 1 aromatic carbocycles. The lowest BCUT2D eigenvalue weighted by Crippen LogP contribution is -2.60. The molecule has 2 N–H and O–H groups in total. The Bertz CT molecular complexity index is 660. The number of hydrogen-bond donors (Lipinski definition) is 2. The number of rotatable bonds is 2. The number of halogens is 1. The van der Waals surface area contributed by atoms with Crippen molar-refractivity contribution in [3.63, 3.8) is 0 Å². The summed E-state index contributed by atoms with van der Waals surface area (Å²) in [4.78, 5) is 28.5. The van der Waals surface area contributed by atoms with Gasteiger partial charge in [-0.1, -0.05) is 32.4 Å².